The van der Waals surface area contributed by atoms with Crippen LogP contribution < -0.4 is 10.9 Å². The Bertz CT molecular complexity index is 367. The molecule has 1 fully saturated rings. The minimum Gasteiger partial charge on any atom is -0.381 e. The Labute approximate surface area is 150 Å². The molecule has 0 amide bonds. The first-order chi connectivity index (χ1) is 11.7. The van der Waals surface area contributed by atoms with Gasteiger partial charge in [-0.2, -0.15) is 0 Å². The van der Waals surface area contributed by atoms with E-state index in [0.717, 1.165) is 36.6 Å². The van der Waals surface area contributed by atoms with Crippen molar-refractivity contribution in [3.63, 3.8) is 0 Å². The first kappa shape index (κ1) is 19.9. The maximum absolute atomic E-state index is 5.54. The molecule has 24 heavy (non-hydrogen) atoms. The van der Waals surface area contributed by atoms with Crippen molar-refractivity contribution < 1.29 is 4.74 Å². The van der Waals surface area contributed by atoms with Gasteiger partial charge in [0.05, 0.1) is 6.10 Å². The number of allylic oxidation sites excluding steroid dienone is 2. The number of hydrogen-bond donors (Lipinski definition) is 2. The van der Waals surface area contributed by atoms with Crippen LogP contribution in [0.2, 0.25) is 0 Å². The Morgan fingerprint density at radius 2 is 1.96 bits per heavy atom. The molecule has 0 saturated carbocycles. The monoisotopic (exact) mass is 336 g/mol. The Kier molecular flexibility index (Phi) is 8.79. The Hall–Kier alpha value is -0.380. The summed E-state index contributed by atoms with van der Waals surface area (Å²) in [5, 5.41) is 0. The lowest BCUT2D eigenvalue weighted by atomic mass is 9.73. The van der Waals surface area contributed by atoms with Gasteiger partial charge in [-0.25, -0.2) is 0 Å². The summed E-state index contributed by atoms with van der Waals surface area (Å²) in [6.07, 6.45) is 16.1. The molecule has 0 bridgehead atoms. The van der Waals surface area contributed by atoms with E-state index in [1.165, 1.54) is 44.9 Å². The summed E-state index contributed by atoms with van der Waals surface area (Å²) in [4.78, 5) is 0. The summed E-state index contributed by atoms with van der Waals surface area (Å²) in [7, 11) is 1.86. The van der Waals surface area contributed by atoms with Crippen LogP contribution in [0.15, 0.2) is 12.2 Å². The smallest absolute Gasteiger partial charge is 0.0568 e. The van der Waals surface area contributed by atoms with Gasteiger partial charge < -0.3 is 4.74 Å². The van der Waals surface area contributed by atoms with E-state index in [1.54, 1.807) is 0 Å². The number of nitrogens with one attached hydrogen (secondary N) is 2. The van der Waals surface area contributed by atoms with Crippen LogP contribution in [0, 0.1) is 23.7 Å². The van der Waals surface area contributed by atoms with Crippen LogP contribution in [-0.2, 0) is 4.74 Å². The van der Waals surface area contributed by atoms with Crippen LogP contribution in [0.4, 0.5) is 0 Å². The summed E-state index contributed by atoms with van der Waals surface area (Å²) in [5.74, 6) is 3.21. The third-order valence-electron chi connectivity index (χ3n) is 6.45. The first-order valence-electron chi connectivity index (χ1n) is 10.4. The molecular weight excluding hydrogens is 296 g/mol. The fourth-order valence-corrected chi connectivity index (χ4v) is 4.80. The average Bonchev–Trinajstić information content (AvgIpc) is 3.04. The Morgan fingerprint density at radius 3 is 2.50 bits per heavy atom. The van der Waals surface area contributed by atoms with Crippen LogP contribution in [-0.4, -0.2) is 25.8 Å². The largest absolute Gasteiger partial charge is 0.381 e. The van der Waals surface area contributed by atoms with E-state index in [1.807, 2.05) is 7.11 Å². The molecule has 2 rings (SSSR count). The summed E-state index contributed by atoms with van der Waals surface area (Å²) in [6.45, 7) is 8.00. The van der Waals surface area contributed by atoms with Gasteiger partial charge in [-0.15, -0.1) is 0 Å². The zero-order valence-corrected chi connectivity index (χ0v) is 16.4. The molecule has 4 unspecified atom stereocenters. The van der Waals surface area contributed by atoms with Gasteiger partial charge in [0, 0.05) is 19.7 Å². The van der Waals surface area contributed by atoms with E-state index >= 15 is 0 Å². The number of ether oxygens (including phenoxy) is 1. The molecule has 0 radical (unpaired) electrons. The van der Waals surface area contributed by atoms with Crippen molar-refractivity contribution in [1.82, 2.24) is 10.9 Å². The third kappa shape index (κ3) is 5.57. The van der Waals surface area contributed by atoms with Crippen LogP contribution in [0.3, 0.4) is 0 Å². The first-order valence-corrected chi connectivity index (χ1v) is 10.4. The highest BCUT2D eigenvalue weighted by Crippen LogP contribution is 2.37. The summed E-state index contributed by atoms with van der Waals surface area (Å²) in [6, 6.07) is 0.600. The molecule has 6 atom stereocenters. The van der Waals surface area contributed by atoms with E-state index in [2.05, 4.69) is 43.8 Å². The van der Waals surface area contributed by atoms with Gasteiger partial charge in [0.25, 0.3) is 0 Å². The number of rotatable bonds is 10. The van der Waals surface area contributed by atoms with Crippen LogP contribution in [0.25, 0.3) is 0 Å². The van der Waals surface area contributed by atoms with E-state index in [4.69, 9.17) is 4.74 Å². The highest BCUT2D eigenvalue weighted by atomic mass is 16.5. The SMILES string of the molecule is CCC[C@@H](CCCC(CC)OC)C1C=CC(C2CNN[C@@H]2C)CC1. The number of hydrazine groups is 1. The van der Waals surface area contributed by atoms with Gasteiger partial charge in [0.2, 0.25) is 0 Å². The molecule has 1 aliphatic heterocycles. The van der Waals surface area contributed by atoms with Gasteiger partial charge in [-0.05, 0) is 62.7 Å². The normalized spacial score (nSPS) is 32.8. The van der Waals surface area contributed by atoms with Gasteiger partial charge in [-0.3, -0.25) is 10.9 Å². The van der Waals surface area contributed by atoms with E-state index in [-0.39, 0.29) is 0 Å². The van der Waals surface area contributed by atoms with Crippen LogP contribution >= 0.6 is 0 Å². The minimum atomic E-state index is 0.461. The quantitative estimate of drug-likeness (QED) is 0.568. The second-order valence-electron chi connectivity index (χ2n) is 8.01. The second-order valence-corrected chi connectivity index (χ2v) is 8.01. The van der Waals surface area contributed by atoms with E-state index < -0.39 is 0 Å². The van der Waals surface area contributed by atoms with Crippen LogP contribution in [0.1, 0.15) is 72.1 Å². The lowest BCUT2D eigenvalue weighted by Gasteiger charge is -2.33. The summed E-state index contributed by atoms with van der Waals surface area (Å²) < 4.78 is 5.54. The van der Waals surface area contributed by atoms with Gasteiger partial charge in [-0.1, -0.05) is 45.3 Å². The average molecular weight is 337 g/mol. The van der Waals surface area contributed by atoms with Crippen molar-refractivity contribution in [2.45, 2.75) is 84.3 Å². The minimum absolute atomic E-state index is 0.461. The fraction of sp³-hybridized carbons (Fsp3) is 0.905. The zero-order chi connectivity index (χ0) is 17.4. The summed E-state index contributed by atoms with van der Waals surface area (Å²) in [5.41, 5.74) is 6.70. The maximum Gasteiger partial charge on any atom is 0.0568 e. The molecule has 1 saturated heterocycles. The molecule has 0 spiro atoms. The standard InChI is InChI=1S/C21H40N2O/c1-5-8-17(9-7-10-20(6-2)24-4)18-11-13-19(14-12-18)21-15-22-23-16(21)3/h11,13,16-23H,5-10,12,14-15H2,1-4H3/t16-,17+,18?,19?,20?,21?/m1/s1. The Morgan fingerprint density at radius 1 is 1.12 bits per heavy atom. The van der Waals surface area contributed by atoms with Gasteiger partial charge in [0.1, 0.15) is 0 Å². The maximum atomic E-state index is 5.54. The Balaban J connectivity index is 1.82. The molecule has 3 nitrogen and oxygen atoms in total. The lowest BCUT2D eigenvalue weighted by molar-refractivity contribution is 0.0875. The molecule has 1 heterocycles. The lowest BCUT2D eigenvalue weighted by Crippen LogP contribution is -2.31. The molecular formula is C21H40N2O. The second kappa shape index (κ2) is 10.6. The predicted molar refractivity (Wildman–Crippen MR) is 103 cm³/mol. The molecule has 2 aliphatic rings. The molecule has 1 aliphatic carbocycles. The van der Waals surface area contributed by atoms with Gasteiger partial charge >= 0.3 is 0 Å². The third-order valence-corrected chi connectivity index (χ3v) is 6.45. The summed E-state index contributed by atoms with van der Waals surface area (Å²) >= 11 is 0. The molecule has 0 aromatic carbocycles. The number of methoxy groups -OCH3 is 1. The van der Waals surface area contributed by atoms with Crippen molar-refractivity contribution in [2.24, 2.45) is 23.7 Å². The van der Waals surface area contributed by atoms with Gasteiger partial charge in [0.15, 0.2) is 0 Å². The highest BCUT2D eigenvalue weighted by molar-refractivity contribution is 5.04. The van der Waals surface area contributed by atoms with Crippen molar-refractivity contribution in [2.75, 3.05) is 13.7 Å². The fourth-order valence-electron chi connectivity index (χ4n) is 4.80. The topological polar surface area (TPSA) is 33.3 Å². The number of hydrogen-bond acceptors (Lipinski definition) is 3. The van der Waals surface area contributed by atoms with Crippen LogP contribution in [0.5, 0.6) is 0 Å². The predicted octanol–water partition coefficient (Wildman–Crippen LogP) is 4.69. The van der Waals surface area contributed by atoms with E-state index in [0.29, 0.717) is 12.1 Å². The molecule has 0 aromatic heterocycles. The molecule has 2 N–H and O–H groups in total. The van der Waals surface area contributed by atoms with Crippen molar-refractivity contribution in [1.29, 1.82) is 0 Å². The van der Waals surface area contributed by atoms with Crippen molar-refractivity contribution in [3.8, 4) is 0 Å². The molecule has 0 aromatic rings. The molecule has 140 valence electrons. The van der Waals surface area contributed by atoms with Crippen molar-refractivity contribution >= 4 is 0 Å². The van der Waals surface area contributed by atoms with E-state index in [9.17, 15) is 0 Å². The molecule has 3 heteroatoms. The zero-order valence-electron chi connectivity index (χ0n) is 16.4. The highest BCUT2D eigenvalue weighted by Gasteiger charge is 2.32. The van der Waals surface area contributed by atoms with Crippen molar-refractivity contribution in [3.05, 3.63) is 12.2 Å².